The van der Waals surface area contributed by atoms with E-state index in [1.54, 1.807) is 6.07 Å². The van der Waals surface area contributed by atoms with Gasteiger partial charge in [0.25, 0.3) is 0 Å². The van der Waals surface area contributed by atoms with Crippen molar-refractivity contribution in [3.8, 4) is 11.3 Å². The van der Waals surface area contributed by atoms with Crippen molar-refractivity contribution in [1.29, 1.82) is 0 Å². The van der Waals surface area contributed by atoms with Gasteiger partial charge < -0.3 is 4.98 Å². The lowest BCUT2D eigenvalue weighted by molar-refractivity contribution is 1.25. The summed E-state index contributed by atoms with van der Waals surface area (Å²) in [4.78, 5) is 18.7. The van der Waals surface area contributed by atoms with Gasteiger partial charge in [0.05, 0.1) is 16.7 Å². The number of nitrogens with zero attached hydrogens (tertiary/aromatic N) is 1. The molecule has 0 unspecified atom stereocenters. The summed E-state index contributed by atoms with van der Waals surface area (Å²) < 4.78 is 0. The van der Waals surface area contributed by atoms with Crippen LogP contribution in [0.25, 0.3) is 22.3 Å². The number of pyridine rings is 2. The van der Waals surface area contributed by atoms with Gasteiger partial charge in [-0.25, -0.2) is 4.98 Å². The van der Waals surface area contributed by atoms with Crippen molar-refractivity contribution in [1.82, 2.24) is 9.97 Å². The van der Waals surface area contributed by atoms with E-state index in [1.807, 2.05) is 37.3 Å². The molecule has 0 saturated heterocycles. The number of aryl methyl sites for hydroxylation is 1. The number of halogens is 1. The quantitative estimate of drug-likeness (QED) is 0.735. The molecule has 4 heteroatoms. The van der Waals surface area contributed by atoms with Gasteiger partial charge in [-0.15, -0.1) is 0 Å². The molecule has 0 fully saturated rings. The van der Waals surface area contributed by atoms with Crippen LogP contribution in [0.15, 0.2) is 47.3 Å². The molecule has 0 aliphatic carbocycles. The van der Waals surface area contributed by atoms with Gasteiger partial charge in [-0.1, -0.05) is 23.7 Å². The maximum absolute atomic E-state index is 11.3. The Bertz CT molecular complexity index is 806. The minimum atomic E-state index is -0.118. The largest absolute Gasteiger partial charge is 0.321 e. The Hall–Kier alpha value is -2.13. The van der Waals surface area contributed by atoms with Crippen molar-refractivity contribution in [3.63, 3.8) is 0 Å². The van der Waals surface area contributed by atoms with Crippen molar-refractivity contribution >= 4 is 22.6 Å². The molecule has 19 heavy (non-hydrogen) atoms. The Morgan fingerprint density at radius 3 is 2.58 bits per heavy atom. The van der Waals surface area contributed by atoms with Crippen LogP contribution < -0.4 is 5.56 Å². The maximum Gasteiger partial charge on any atom is 0.248 e. The zero-order valence-corrected chi connectivity index (χ0v) is 11.0. The smallest absolute Gasteiger partial charge is 0.248 e. The van der Waals surface area contributed by atoms with Gasteiger partial charge in [0.15, 0.2) is 0 Å². The molecular formula is C15H11ClN2O. The summed E-state index contributed by atoms with van der Waals surface area (Å²) in [7, 11) is 0. The first-order valence-corrected chi connectivity index (χ1v) is 6.28. The van der Waals surface area contributed by atoms with Gasteiger partial charge >= 0.3 is 0 Å². The second kappa shape index (κ2) is 4.52. The van der Waals surface area contributed by atoms with Gasteiger partial charge in [-0.05, 0) is 36.8 Å². The highest BCUT2D eigenvalue weighted by Crippen LogP contribution is 2.25. The summed E-state index contributed by atoms with van der Waals surface area (Å²) >= 11 is 5.89. The third-order valence-corrected chi connectivity index (χ3v) is 3.26. The predicted molar refractivity (Wildman–Crippen MR) is 77.5 cm³/mol. The zero-order chi connectivity index (χ0) is 13.4. The number of benzene rings is 1. The molecule has 0 aliphatic rings. The van der Waals surface area contributed by atoms with Crippen molar-refractivity contribution in [2.45, 2.75) is 6.92 Å². The van der Waals surface area contributed by atoms with Gasteiger partial charge in [-0.3, -0.25) is 4.79 Å². The average molecular weight is 271 g/mol. The van der Waals surface area contributed by atoms with Gasteiger partial charge in [0.2, 0.25) is 5.56 Å². The molecule has 0 radical (unpaired) electrons. The number of hydrogen-bond acceptors (Lipinski definition) is 2. The Balaban J connectivity index is 2.24. The molecule has 0 aliphatic heterocycles. The SMILES string of the molecule is Cc1cc2[nH]c(=O)ccc2nc1-c1ccc(Cl)cc1. The van der Waals surface area contributed by atoms with E-state index in [0.717, 1.165) is 27.9 Å². The number of H-pyrrole nitrogens is 1. The van der Waals surface area contributed by atoms with Crippen LogP contribution in [0.5, 0.6) is 0 Å². The third-order valence-electron chi connectivity index (χ3n) is 3.01. The Kier molecular flexibility index (Phi) is 2.84. The van der Waals surface area contributed by atoms with Crippen molar-refractivity contribution in [2.75, 3.05) is 0 Å². The number of aromatic nitrogens is 2. The Labute approximate surface area is 114 Å². The molecule has 94 valence electrons. The van der Waals surface area contributed by atoms with Gasteiger partial charge in [-0.2, -0.15) is 0 Å². The van der Waals surface area contributed by atoms with E-state index in [4.69, 9.17) is 11.6 Å². The van der Waals surface area contributed by atoms with Crippen molar-refractivity contribution in [3.05, 3.63) is 63.4 Å². The second-order valence-electron chi connectivity index (χ2n) is 4.42. The summed E-state index contributed by atoms with van der Waals surface area (Å²) in [5.74, 6) is 0. The van der Waals surface area contributed by atoms with E-state index in [1.165, 1.54) is 6.07 Å². The van der Waals surface area contributed by atoms with Crippen LogP contribution in [-0.4, -0.2) is 9.97 Å². The fourth-order valence-electron chi connectivity index (χ4n) is 2.08. The first-order valence-electron chi connectivity index (χ1n) is 5.90. The zero-order valence-electron chi connectivity index (χ0n) is 10.3. The molecule has 0 saturated carbocycles. The highest BCUT2D eigenvalue weighted by atomic mass is 35.5. The molecule has 1 N–H and O–H groups in total. The van der Waals surface area contributed by atoms with Gasteiger partial charge in [0, 0.05) is 16.7 Å². The topological polar surface area (TPSA) is 45.8 Å². The van der Waals surface area contributed by atoms with Crippen LogP contribution in [-0.2, 0) is 0 Å². The molecule has 3 nitrogen and oxygen atoms in total. The van der Waals surface area contributed by atoms with Crippen LogP contribution >= 0.6 is 11.6 Å². The molecule has 2 aromatic heterocycles. The molecule has 0 amide bonds. The highest BCUT2D eigenvalue weighted by Gasteiger charge is 2.06. The molecular weight excluding hydrogens is 260 g/mol. The Morgan fingerprint density at radius 2 is 1.84 bits per heavy atom. The number of rotatable bonds is 1. The molecule has 0 atom stereocenters. The fourth-order valence-corrected chi connectivity index (χ4v) is 2.21. The molecule has 0 spiro atoms. The lowest BCUT2D eigenvalue weighted by Gasteiger charge is -2.07. The summed E-state index contributed by atoms with van der Waals surface area (Å²) in [6.07, 6.45) is 0. The fraction of sp³-hybridized carbons (Fsp3) is 0.0667. The highest BCUT2D eigenvalue weighted by molar-refractivity contribution is 6.30. The Morgan fingerprint density at radius 1 is 1.11 bits per heavy atom. The van der Waals surface area contributed by atoms with Crippen molar-refractivity contribution < 1.29 is 0 Å². The normalized spacial score (nSPS) is 10.8. The maximum atomic E-state index is 11.3. The summed E-state index contributed by atoms with van der Waals surface area (Å²) in [6.45, 7) is 1.97. The van der Waals surface area contributed by atoms with Gasteiger partial charge in [0.1, 0.15) is 0 Å². The van der Waals surface area contributed by atoms with Crippen LogP contribution in [0.2, 0.25) is 5.02 Å². The molecule has 1 aromatic carbocycles. The average Bonchev–Trinajstić information content (AvgIpc) is 2.39. The molecule has 3 rings (SSSR count). The first-order chi connectivity index (χ1) is 9.13. The monoisotopic (exact) mass is 270 g/mol. The van der Waals surface area contributed by atoms with E-state index in [2.05, 4.69) is 9.97 Å². The minimum absolute atomic E-state index is 0.118. The first kappa shape index (κ1) is 11.9. The molecule has 2 heterocycles. The number of aromatic amines is 1. The third kappa shape index (κ3) is 2.25. The number of nitrogens with one attached hydrogen (secondary N) is 1. The minimum Gasteiger partial charge on any atom is -0.321 e. The second-order valence-corrected chi connectivity index (χ2v) is 4.85. The van der Waals surface area contributed by atoms with Crippen molar-refractivity contribution in [2.24, 2.45) is 0 Å². The van der Waals surface area contributed by atoms with Crippen LogP contribution in [0.1, 0.15) is 5.56 Å². The molecule has 0 bridgehead atoms. The van der Waals surface area contributed by atoms with E-state index in [0.29, 0.717) is 5.02 Å². The van der Waals surface area contributed by atoms with Crippen LogP contribution in [0.4, 0.5) is 0 Å². The van der Waals surface area contributed by atoms with E-state index in [-0.39, 0.29) is 5.56 Å². The van der Waals surface area contributed by atoms with E-state index < -0.39 is 0 Å². The standard InChI is InChI=1S/C15H11ClN2O/c1-9-8-13-12(6-7-14(19)17-13)18-15(9)10-2-4-11(16)5-3-10/h2-8H,1H3,(H,17,19). The van der Waals surface area contributed by atoms with Crippen LogP contribution in [0.3, 0.4) is 0 Å². The predicted octanol–water partition coefficient (Wildman–Crippen LogP) is 3.55. The summed E-state index contributed by atoms with van der Waals surface area (Å²) in [5.41, 5.74) is 4.33. The van der Waals surface area contributed by atoms with Crippen LogP contribution in [0, 0.1) is 6.92 Å². The lowest BCUT2D eigenvalue weighted by Crippen LogP contribution is -2.03. The lowest BCUT2D eigenvalue weighted by atomic mass is 10.1. The number of hydrogen-bond donors (Lipinski definition) is 1. The van der Waals surface area contributed by atoms with E-state index in [9.17, 15) is 4.79 Å². The van der Waals surface area contributed by atoms with E-state index >= 15 is 0 Å². The summed E-state index contributed by atoms with van der Waals surface area (Å²) in [5, 5.41) is 0.700. The number of fused-ring (bicyclic) bond motifs is 1. The summed E-state index contributed by atoms with van der Waals surface area (Å²) in [6, 6.07) is 12.7. The molecule has 3 aromatic rings.